The van der Waals surface area contributed by atoms with Crippen molar-refractivity contribution in [3.05, 3.63) is 241 Å². The number of hydrogen-bond acceptors (Lipinski definition) is 9. The van der Waals surface area contributed by atoms with Gasteiger partial charge in [0.15, 0.2) is 0 Å². The minimum absolute atomic E-state index is 0. The molecule has 0 fully saturated rings. The van der Waals surface area contributed by atoms with Crippen LogP contribution in [0.2, 0.25) is 0 Å². The Labute approximate surface area is 400 Å². The fraction of sp³-hybridized carbons (Fsp3) is 0.0392. The number of hydrogen-bond donors (Lipinski definition) is 0. The van der Waals surface area contributed by atoms with Gasteiger partial charge < -0.3 is 8.98 Å². The van der Waals surface area contributed by atoms with Crippen molar-refractivity contribution >= 4 is 70.3 Å². The van der Waals surface area contributed by atoms with E-state index in [1.807, 2.05) is 20.2 Å². The molecule has 334 valence electrons. The van der Waals surface area contributed by atoms with E-state index in [0.29, 0.717) is 17.2 Å². The standard InChI is InChI=1S/2C18H15P.C14H12N4O2.CO.ClHO4.Os/c2*1-4-10-16(11-5-1)19(17-12-6-2-7-13-17)18-14-8-3-9-15-18;1-9-8-18(2)14(15-9)17-16-11-4-5-12-10(7-11)3-6-13(19)20-12;1-2;2-1(3,4)5;/h2*1-15H;3-8H,1-2H3;;(H,2,3,4,5);/p-1. The normalized spacial score (nSPS) is 10.5. The molecule has 0 saturated carbocycles. The van der Waals surface area contributed by atoms with Crippen LogP contribution in [0, 0.1) is 23.8 Å². The molecule has 11 nitrogen and oxygen atoms in total. The molecule has 0 N–H and O–H groups in total. The molecule has 15 heteroatoms. The van der Waals surface area contributed by atoms with E-state index in [-0.39, 0.29) is 25.4 Å². The number of imidazole rings is 1. The molecule has 0 atom stereocenters. The second-order valence-electron chi connectivity index (χ2n) is 13.5. The largest absolute Gasteiger partial charge is 0.222 e. The first-order chi connectivity index (χ1) is 31.5. The molecule has 0 amide bonds. The van der Waals surface area contributed by atoms with Gasteiger partial charge in [-0.2, -0.15) is 0 Å². The Kier molecular flexibility index (Phi) is 21.8. The van der Waals surface area contributed by atoms with Crippen LogP contribution in [0.25, 0.3) is 11.0 Å². The Hall–Kier alpha value is -6.07. The molecule has 0 unspecified atom stereocenters. The first-order valence-electron chi connectivity index (χ1n) is 19.7. The van der Waals surface area contributed by atoms with E-state index in [4.69, 9.17) is 27.7 Å². The van der Waals surface area contributed by atoms with Crippen molar-refractivity contribution in [1.82, 2.24) is 9.55 Å². The number of rotatable bonds is 8. The van der Waals surface area contributed by atoms with Crippen LogP contribution < -0.4 is 56.1 Å². The summed E-state index contributed by atoms with van der Waals surface area (Å²) in [5.74, 6) is 0.544. The second kappa shape index (κ2) is 27.4. The van der Waals surface area contributed by atoms with Crippen LogP contribution in [0.5, 0.6) is 0 Å². The summed E-state index contributed by atoms with van der Waals surface area (Å²) in [6.45, 7) is 6.40. The summed E-state index contributed by atoms with van der Waals surface area (Å²) >= 11 is 0. The number of benzene rings is 7. The third kappa shape index (κ3) is 17.1. The molecule has 7 aromatic carbocycles. The third-order valence-electron chi connectivity index (χ3n) is 8.92. The maximum atomic E-state index is 11.1. The number of halogens is 1. The molecule has 0 aliphatic rings. The Morgan fingerprint density at radius 2 is 0.879 bits per heavy atom. The van der Waals surface area contributed by atoms with Gasteiger partial charge in [0.05, 0.1) is 11.4 Å². The van der Waals surface area contributed by atoms with E-state index >= 15 is 0 Å². The van der Waals surface area contributed by atoms with E-state index in [1.165, 1.54) is 37.9 Å². The van der Waals surface area contributed by atoms with Gasteiger partial charge in [0.1, 0.15) is 5.58 Å². The molecule has 9 rings (SSSR count). The van der Waals surface area contributed by atoms with Crippen LogP contribution in [-0.4, -0.2) is 9.55 Å². The SMILES string of the molecule is Cc1cn(C)c(N=Nc2ccc3oc(=O)ccc3c2)n1.[C-]#[O+].[O-][Cl+3]([O-])([O-])[O-].[Os].c1ccc(P(c2ccccc2)c2ccccc2)cc1.c1ccc(P(c2ccccc2)c2ccccc2)cc1. The maximum absolute atomic E-state index is 11.1. The summed E-state index contributed by atoms with van der Waals surface area (Å²) in [7, 11) is -3.97. The van der Waals surface area contributed by atoms with Gasteiger partial charge in [0.25, 0.3) is 0 Å². The van der Waals surface area contributed by atoms with Gasteiger partial charge in [-0.15, -0.1) is 20.5 Å². The van der Waals surface area contributed by atoms with Gasteiger partial charge in [-0.25, -0.2) is 28.4 Å². The van der Waals surface area contributed by atoms with Gasteiger partial charge in [0, 0.05) is 44.5 Å². The number of aromatic nitrogens is 2. The van der Waals surface area contributed by atoms with Gasteiger partial charge in [-0.1, -0.05) is 182 Å². The van der Waals surface area contributed by atoms with Crippen LogP contribution in [0.4, 0.5) is 11.6 Å². The van der Waals surface area contributed by atoms with Crippen molar-refractivity contribution in [3.63, 3.8) is 0 Å². The first kappa shape index (κ1) is 52.5. The molecular weight excluding hydrogens is 1070 g/mol. The average Bonchev–Trinajstić information content (AvgIpc) is 3.67. The summed E-state index contributed by atoms with van der Waals surface area (Å²) in [4.78, 5) is 15.3. The van der Waals surface area contributed by atoms with Crippen LogP contribution in [0.1, 0.15) is 5.69 Å². The Bertz CT molecular complexity index is 2580. The molecule has 0 bridgehead atoms. The quantitative estimate of drug-likeness (QED) is 0.0646. The van der Waals surface area contributed by atoms with E-state index < -0.39 is 26.1 Å². The molecular formula is C51H42ClN4O7OsP2-. The van der Waals surface area contributed by atoms with E-state index in [2.05, 4.69) is 204 Å². The molecule has 2 aromatic heterocycles. The van der Waals surface area contributed by atoms with Crippen LogP contribution in [0.15, 0.2) is 238 Å². The van der Waals surface area contributed by atoms with Gasteiger partial charge in [0.2, 0.25) is 5.95 Å². The van der Waals surface area contributed by atoms with Crippen molar-refractivity contribution in [2.24, 2.45) is 17.3 Å². The van der Waals surface area contributed by atoms with Gasteiger partial charge in [-0.05, 0) is 78.9 Å². The van der Waals surface area contributed by atoms with Crippen LogP contribution in [-0.2, 0) is 31.5 Å². The minimum Gasteiger partial charge on any atom is -0.222 e. The topological polar surface area (TPSA) is 185 Å². The zero-order chi connectivity index (χ0) is 46.4. The predicted molar refractivity (Wildman–Crippen MR) is 249 cm³/mol. The first-order valence-corrected chi connectivity index (χ1v) is 23.6. The molecule has 0 spiro atoms. The Balaban J connectivity index is 0.000000201. The molecule has 0 saturated heterocycles. The summed E-state index contributed by atoms with van der Waals surface area (Å²) in [5, 5.41) is 17.4. The molecule has 0 aliphatic carbocycles. The maximum Gasteiger partial charge on any atom is 0 e. The smallest absolute Gasteiger partial charge is 0 e. The fourth-order valence-electron chi connectivity index (χ4n) is 6.28. The van der Waals surface area contributed by atoms with Crippen molar-refractivity contribution in [2.75, 3.05) is 0 Å². The summed E-state index contributed by atoms with van der Waals surface area (Å²) in [6.07, 6.45) is 1.88. The zero-order valence-electron chi connectivity index (χ0n) is 35.6. The minimum atomic E-state index is -4.94. The Morgan fingerprint density at radius 1 is 0.545 bits per heavy atom. The average molecular weight is 1110 g/mol. The van der Waals surface area contributed by atoms with Crippen LogP contribution >= 0.6 is 15.8 Å². The fourth-order valence-corrected chi connectivity index (χ4v) is 10.9. The van der Waals surface area contributed by atoms with E-state index in [0.717, 1.165) is 11.1 Å². The molecule has 9 aromatic rings. The van der Waals surface area contributed by atoms with Crippen molar-refractivity contribution in [3.8, 4) is 0 Å². The third-order valence-corrected chi connectivity index (χ3v) is 13.8. The zero-order valence-corrected chi connectivity index (χ0v) is 40.6. The van der Waals surface area contributed by atoms with Crippen LogP contribution in [0.3, 0.4) is 0 Å². The molecule has 0 radical (unpaired) electrons. The summed E-state index contributed by atoms with van der Waals surface area (Å²) in [5.41, 5.74) is 1.73. The molecule has 2 heterocycles. The van der Waals surface area contributed by atoms with Gasteiger partial charge in [-0.3, -0.25) is 0 Å². The van der Waals surface area contributed by atoms with Gasteiger partial charge >= 0.3 is 16.9 Å². The molecule has 66 heavy (non-hydrogen) atoms. The van der Waals surface area contributed by atoms with Crippen molar-refractivity contribution in [2.45, 2.75) is 6.92 Å². The Morgan fingerprint density at radius 3 is 1.18 bits per heavy atom. The number of nitrogens with zero attached hydrogens (tertiary/aromatic N) is 4. The summed E-state index contributed by atoms with van der Waals surface area (Å²) < 4.78 is 48.3. The monoisotopic (exact) mass is 1110 g/mol. The predicted octanol–water partition coefficient (Wildman–Crippen LogP) is 5.34. The van der Waals surface area contributed by atoms with Crippen molar-refractivity contribution in [1.29, 1.82) is 0 Å². The van der Waals surface area contributed by atoms with E-state index in [1.54, 1.807) is 28.8 Å². The molecule has 0 aliphatic heterocycles. The summed E-state index contributed by atoms with van der Waals surface area (Å²) in [6, 6.07) is 73.0. The number of aryl methyl sites for hydroxylation is 2. The number of azo groups is 1. The second-order valence-corrected chi connectivity index (χ2v) is 18.7. The van der Waals surface area contributed by atoms with Crippen molar-refractivity contribution < 1.29 is 57.7 Å². The number of fused-ring (bicyclic) bond motifs is 1. The van der Waals surface area contributed by atoms with E-state index in [9.17, 15) is 4.79 Å².